The van der Waals surface area contributed by atoms with Crippen molar-refractivity contribution in [1.82, 2.24) is 0 Å². The Hall–Kier alpha value is -2.66. The molecule has 0 bridgehead atoms. The molecule has 0 aliphatic rings. The first-order valence-corrected chi connectivity index (χ1v) is 8.90. The molecule has 0 unspecified atom stereocenters. The van der Waals surface area contributed by atoms with Crippen LogP contribution in [-0.2, 0) is 9.53 Å². The summed E-state index contributed by atoms with van der Waals surface area (Å²) in [7, 11) is 0. The van der Waals surface area contributed by atoms with Crippen LogP contribution in [0.4, 0.5) is 5.69 Å². The molecule has 0 aliphatic heterocycles. The molecule has 1 aromatic heterocycles. The van der Waals surface area contributed by atoms with E-state index < -0.39 is 5.97 Å². The van der Waals surface area contributed by atoms with E-state index in [1.54, 1.807) is 6.07 Å². The van der Waals surface area contributed by atoms with Crippen molar-refractivity contribution in [3.05, 3.63) is 65.0 Å². The Bertz CT molecular complexity index is 864. The molecule has 1 amide bonds. The Morgan fingerprint density at radius 2 is 1.80 bits per heavy atom. The van der Waals surface area contributed by atoms with Crippen LogP contribution in [0.5, 0.6) is 0 Å². The number of amides is 1. The quantitative estimate of drug-likeness (QED) is 0.669. The van der Waals surface area contributed by atoms with E-state index in [1.807, 2.05) is 48.5 Å². The van der Waals surface area contributed by atoms with Crippen molar-refractivity contribution >= 4 is 39.0 Å². The van der Waals surface area contributed by atoms with Gasteiger partial charge in [-0.3, -0.25) is 4.79 Å². The number of hydrogen-bond donors (Lipinski definition) is 1. The molecule has 0 fully saturated rings. The van der Waals surface area contributed by atoms with Gasteiger partial charge in [0.2, 0.25) is 0 Å². The lowest BCUT2D eigenvalue weighted by atomic mass is 10.0. The first-order chi connectivity index (χ1) is 12.0. The van der Waals surface area contributed by atoms with Gasteiger partial charge in [-0.1, -0.05) is 44.2 Å². The van der Waals surface area contributed by atoms with E-state index in [1.165, 1.54) is 16.9 Å². The zero-order valence-corrected chi connectivity index (χ0v) is 14.9. The van der Waals surface area contributed by atoms with E-state index in [-0.39, 0.29) is 12.5 Å². The van der Waals surface area contributed by atoms with E-state index in [2.05, 4.69) is 19.2 Å². The van der Waals surface area contributed by atoms with Crippen LogP contribution in [0.3, 0.4) is 0 Å². The molecule has 3 aromatic rings. The minimum absolute atomic E-state index is 0.307. The molecular weight excluding hydrogens is 334 g/mol. The summed E-state index contributed by atoms with van der Waals surface area (Å²) in [6.45, 7) is 3.92. The molecule has 1 N–H and O–H groups in total. The van der Waals surface area contributed by atoms with Crippen molar-refractivity contribution in [3.63, 3.8) is 0 Å². The summed E-state index contributed by atoms with van der Waals surface area (Å²) in [6.07, 6.45) is 0. The molecule has 5 heteroatoms. The van der Waals surface area contributed by atoms with Crippen molar-refractivity contribution in [1.29, 1.82) is 0 Å². The minimum Gasteiger partial charge on any atom is -0.451 e. The van der Waals surface area contributed by atoms with Crippen molar-refractivity contribution in [3.8, 4) is 0 Å². The lowest BCUT2D eigenvalue weighted by Crippen LogP contribution is -2.20. The number of fused-ring (bicyclic) bond motifs is 1. The number of carbonyl (C=O) groups is 2. The molecule has 0 radical (unpaired) electrons. The third-order valence-electron chi connectivity index (χ3n) is 3.82. The monoisotopic (exact) mass is 353 g/mol. The van der Waals surface area contributed by atoms with Gasteiger partial charge in [0, 0.05) is 10.4 Å². The average molecular weight is 353 g/mol. The Balaban J connectivity index is 1.55. The van der Waals surface area contributed by atoms with Crippen molar-refractivity contribution < 1.29 is 14.3 Å². The fraction of sp³-hybridized carbons (Fsp3) is 0.200. The second-order valence-corrected chi connectivity index (χ2v) is 7.13. The number of anilines is 1. The maximum Gasteiger partial charge on any atom is 0.348 e. The van der Waals surface area contributed by atoms with Crippen LogP contribution in [0.2, 0.25) is 0 Å². The first-order valence-electron chi connectivity index (χ1n) is 8.08. The lowest BCUT2D eigenvalue weighted by molar-refractivity contribution is -0.119. The van der Waals surface area contributed by atoms with Crippen LogP contribution < -0.4 is 5.32 Å². The highest BCUT2D eigenvalue weighted by Gasteiger charge is 2.13. The maximum absolute atomic E-state index is 12.1. The molecule has 0 aliphatic carbocycles. The molecule has 128 valence electrons. The minimum atomic E-state index is -0.480. The smallest absolute Gasteiger partial charge is 0.348 e. The number of thiophene rings is 1. The number of ether oxygens (including phenoxy) is 1. The zero-order chi connectivity index (χ0) is 17.8. The first kappa shape index (κ1) is 17.2. The van der Waals surface area contributed by atoms with Crippen LogP contribution in [0.1, 0.15) is 35.0 Å². The summed E-state index contributed by atoms with van der Waals surface area (Å²) in [4.78, 5) is 24.5. The van der Waals surface area contributed by atoms with Gasteiger partial charge in [-0.05, 0) is 41.1 Å². The molecule has 0 spiro atoms. The van der Waals surface area contributed by atoms with Gasteiger partial charge >= 0.3 is 5.97 Å². The van der Waals surface area contributed by atoms with Gasteiger partial charge in [-0.25, -0.2) is 4.79 Å². The molecule has 3 rings (SSSR count). The third-order valence-corrected chi connectivity index (χ3v) is 4.92. The molecule has 4 nitrogen and oxygen atoms in total. The topological polar surface area (TPSA) is 55.4 Å². The number of rotatable bonds is 5. The molecular formula is C20H19NO3S. The lowest BCUT2D eigenvalue weighted by Gasteiger charge is -2.08. The summed E-state index contributed by atoms with van der Waals surface area (Å²) < 4.78 is 6.13. The van der Waals surface area contributed by atoms with Gasteiger partial charge in [0.1, 0.15) is 4.88 Å². The Morgan fingerprint density at radius 1 is 1.08 bits per heavy atom. The SMILES string of the molecule is CC(C)c1ccc(NC(=O)COC(=O)c2cc3ccccc3s2)cc1. The average Bonchev–Trinajstić information content (AvgIpc) is 3.04. The van der Waals surface area contributed by atoms with Crippen LogP contribution in [-0.4, -0.2) is 18.5 Å². The Morgan fingerprint density at radius 3 is 2.48 bits per heavy atom. The largest absolute Gasteiger partial charge is 0.451 e. The van der Waals surface area contributed by atoms with Gasteiger partial charge in [0.25, 0.3) is 5.91 Å². The Labute approximate surface area is 150 Å². The standard InChI is InChI=1S/C20H19NO3S/c1-13(2)14-7-9-16(10-8-14)21-19(22)12-24-20(23)18-11-15-5-3-4-6-17(15)25-18/h3-11,13H,12H2,1-2H3,(H,21,22). The molecule has 2 aromatic carbocycles. The molecule has 1 heterocycles. The number of hydrogen-bond acceptors (Lipinski definition) is 4. The van der Waals surface area contributed by atoms with Crippen molar-refractivity contribution in [2.24, 2.45) is 0 Å². The molecule has 0 saturated carbocycles. The van der Waals surface area contributed by atoms with Gasteiger partial charge in [-0.15, -0.1) is 11.3 Å². The van der Waals surface area contributed by atoms with Crippen LogP contribution in [0, 0.1) is 0 Å². The fourth-order valence-corrected chi connectivity index (χ4v) is 3.39. The fourth-order valence-electron chi connectivity index (χ4n) is 2.43. The zero-order valence-electron chi connectivity index (χ0n) is 14.1. The molecule has 0 saturated heterocycles. The summed E-state index contributed by atoms with van der Waals surface area (Å²) in [5.74, 6) is -0.398. The summed E-state index contributed by atoms with van der Waals surface area (Å²) in [5, 5.41) is 3.72. The van der Waals surface area contributed by atoms with E-state index in [4.69, 9.17) is 4.74 Å². The van der Waals surface area contributed by atoms with E-state index in [0.717, 1.165) is 10.1 Å². The Kier molecular flexibility index (Phi) is 5.14. The predicted octanol–water partition coefficient (Wildman–Crippen LogP) is 4.82. The highest BCUT2D eigenvalue weighted by molar-refractivity contribution is 7.20. The summed E-state index contributed by atoms with van der Waals surface area (Å²) >= 11 is 1.36. The van der Waals surface area contributed by atoms with E-state index in [0.29, 0.717) is 16.5 Å². The van der Waals surface area contributed by atoms with Gasteiger partial charge in [-0.2, -0.15) is 0 Å². The van der Waals surface area contributed by atoms with Crippen LogP contribution in [0.25, 0.3) is 10.1 Å². The highest BCUT2D eigenvalue weighted by atomic mass is 32.1. The van der Waals surface area contributed by atoms with Crippen molar-refractivity contribution in [2.45, 2.75) is 19.8 Å². The summed E-state index contributed by atoms with van der Waals surface area (Å²) in [6, 6.07) is 17.2. The number of esters is 1. The maximum atomic E-state index is 12.1. The number of benzene rings is 2. The third kappa shape index (κ3) is 4.25. The second kappa shape index (κ2) is 7.49. The van der Waals surface area contributed by atoms with E-state index in [9.17, 15) is 9.59 Å². The van der Waals surface area contributed by atoms with Gasteiger partial charge in [0.05, 0.1) is 0 Å². The van der Waals surface area contributed by atoms with Crippen molar-refractivity contribution in [2.75, 3.05) is 11.9 Å². The molecule has 0 atom stereocenters. The van der Waals surface area contributed by atoms with Gasteiger partial charge < -0.3 is 10.1 Å². The number of carbonyl (C=O) groups excluding carboxylic acids is 2. The van der Waals surface area contributed by atoms with Gasteiger partial charge in [0.15, 0.2) is 6.61 Å². The second-order valence-electron chi connectivity index (χ2n) is 6.05. The normalized spacial score (nSPS) is 10.8. The van der Waals surface area contributed by atoms with Crippen LogP contribution in [0.15, 0.2) is 54.6 Å². The van der Waals surface area contributed by atoms with Crippen LogP contribution >= 0.6 is 11.3 Å². The highest BCUT2D eigenvalue weighted by Crippen LogP contribution is 2.25. The predicted molar refractivity (Wildman–Crippen MR) is 101 cm³/mol. The molecule has 25 heavy (non-hydrogen) atoms. The van der Waals surface area contributed by atoms with E-state index >= 15 is 0 Å². The number of nitrogens with one attached hydrogen (secondary N) is 1. The summed E-state index contributed by atoms with van der Waals surface area (Å²) in [5.41, 5.74) is 1.89.